The van der Waals surface area contributed by atoms with Crippen LogP contribution in [0.1, 0.15) is 0 Å². The molecule has 1 aliphatic rings. The molecule has 1 aliphatic heterocycles. The summed E-state index contributed by atoms with van der Waals surface area (Å²) in [6, 6.07) is 5.48. The molecule has 1 amide bonds. The second kappa shape index (κ2) is 6.40. The van der Waals surface area contributed by atoms with Crippen molar-refractivity contribution in [1.82, 2.24) is 15.3 Å². The first kappa shape index (κ1) is 14.3. The van der Waals surface area contributed by atoms with Crippen LogP contribution >= 0.6 is 0 Å². The highest BCUT2D eigenvalue weighted by Gasteiger charge is 2.22. The number of carbonyl (C=O) groups excluding carboxylic acids is 1. The molecule has 0 aliphatic carbocycles. The van der Waals surface area contributed by atoms with Crippen molar-refractivity contribution in [2.24, 2.45) is 0 Å². The first-order chi connectivity index (χ1) is 10.8. The van der Waals surface area contributed by atoms with Gasteiger partial charge in [0, 0.05) is 24.8 Å². The number of ether oxygens (including phenoxy) is 2. The van der Waals surface area contributed by atoms with Crippen LogP contribution in [0.3, 0.4) is 0 Å². The number of nitrogens with one attached hydrogen (secondary N) is 2. The van der Waals surface area contributed by atoms with Crippen molar-refractivity contribution in [3.8, 4) is 22.9 Å². The molecule has 1 fully saturated rings. The van der Waals surface area contributed by atoms with Gasteiger partial charge in [0.1, 0.15) is 6.10 Å². The van der Waals surface area contributed by atoms with Crippen molar-refractivity contribution in [2.45, 2.75) is 6.10 Å². The highest BCUT2D eigenvalue weighted by atomic mass is 16.5. The Labute approximate surface area is 127 Å². The van der Waals surface area contributed by atoms with Gasteiger partial charge in [-0.3, -0.25) is 4.79 Å². The van der Waals surface area contributed by atoms with Gasteiger partial charge in [-0.05, 0) is 18.2 Å². The SMILES string of the molecule is COc1ncccc1-c1cc(NC=O)cnc1OC1CNC1. The highest BCUT2D eigenvalue weighted by Crippen LogP contribution is 2.35. The summed E-state index contributed by atoms with van der Waals surface area (Å²) < 4.78 is 11.2. The highest BCUT2D eigenvalue weighted by molar-refractivity contribution is 5.79. The lowest BCUT2D eigenvalue weighted by atomic mass is 10.1. The first-order valence-electron chi connectivity index (χ1n) is 6.89. The average Bonchev–Trinajstić information content (AvgIpc) is 2.52. The van der Waals surface area contributed by atoms with Crippen LogP contribution in [0.15, 0.2) is 30.6 Å². The molecular weight excluding hydrogens is 284 g/mol. The van der Waals surface area contributed by atoms with Crippen LogP contribution in [-0.2, 0) is 4.79 Å². The van der Waals surface area contributed by atoms with Gasteiger partial charge in [0.2, 0.25) is 18.2 Å². The van der Waals surface area contributed by atoms with Crippen LogP contribution in [0.5, 0.6) is 11.8 Å². The van der Waals surface area contributed by atoms with Crippen LogP contribution in [0.2, 0.25) is 0 Å². The molecule has 2 aromatic rings. The molecule has 3 heterocycles. The maximum Gasteiger partial charge on any atom is 0.222 e. The molecule has 0 aromatic carbocycles. The summed E-state index contributed by atoms with van der Waals surface area (Å²) in [6.45, 7) is 1.58. The van der Waals surface area contributed by atoms with E-state index in [0.717, 1.165) is 24.2 Å². The number of methoxy groups -OCH3 is 1. The molecular formula is C15H16N4O3. The van der Waals surface area contributed by atoms with Gasteiger partial charge in [0.15, 0.2) is 0 Å². The summed E-state index contributed by atoms with van der Waals surface area (Å²) in [5, 5.41) is 5.74. The van der Waals surface area contributed by atoms with Crippen molar-refractivity contribution < 1.29 is 14.3 Å². The molecule has 114 valence electrons. The number of nitrogens with zero attached hydrogens (tertiary/aromatic N) is 2. The van der Waals surface area contributed by atoms with Crippen LogP contribution in [0.4, 0.5) is 5.69 Å². The number of carbonyl (C=O) groups is 1. The number of aromatic nitrogens is 2. The zero-order chi connectivity index (χ0) is 15.4. The minimum absolute atomic E-state index is 0.0961. The third kappa shape index (κ3) is 2.84. The zero-order valence-corrected chi connectivity index (χ0v) is 12.1. The molecule has 2 aromatic heterocycles. The predicted octanol–water partition coefficient (Wildman–Crippen LogP) is 1.07. The van der Waals surface area contributed by atoms with Gasteiger partial charge >= 0.3 is 0 Å². The maximum atomic E-state index is 10.6. The van der Waals surface area contributed by atoms with E-state index in [1.807, 2.05) is 12.1 Å². The second-order valence-corrected chi connectivity index (χ2v) is 4.80. The lowest BCUT2D eigenvalue weighted by molar-refractivity contribution is -0.105. The molecule has 2 N–H and O–H groups in total. The number of anilines is 1. The predicted molar refractivity (Wildman–Crippen MR) is 81.0 cm³/mol. The van der Waals surface area contributed by atoms with E-state index in [9.17, 15) is 4.79 Å². The number of amides is 1. The largest absolute Gasteiger partial charge is 0.481 e. The summed E-state index contributed by atoms with van der Waals surface area (Å²) in [5.74, 6) is 0.971. The van der Waals surface area contributed by atoms with E-state index >= 15 is 0 Å². The number of hydrogen-bond acceptors (Lipinski definition) is 6. The number of rotatable bonds is 6. The Morgan fingerprint density at radius 3 is 2.86 bits per heavy atom. The molecule has 22 heavy (non-hydrogen) atoms. The Morgan fingerprint density at radius 1 is 1.32 bits per heavy atom. The molecule has 0 bridgehead atoms. The fraction of sp³-hybridized carbons (Fsp3) is 0.267. The molecule has 3 rings (SSSR count). The van der Waals surface area contributed by atoms with E-state index in [1.165, 1.54) is 0 Å². The fourth-order valence-electron chi connectivity index (χ4n) is 2.15. The fourth-order valence-corrected chi connectivity index (χ4v) is 2.15. The quantitative estimate of drug-likeness (QED) is 0.776. The summed E-state index contributed by atoms with van der Waals surface area (Å²) >= 11 is 0. The Hall–Kier alpha value is -2.67. The molecule has 0 atom stereocenters. The summed E-state index contributed by atoms with van der Waals surface area (Å²) in [7, 11) is 1.56. The van der Waals surface area contributed by atoms with E-state index in [0.29, 0.717) is 23.9 Å². The van der Waals surface area contributed by atoms with E-state index < -0.39 is 0 Å². The minimum Gasteiger partial charge on any atom is -0.481 e. The molecule has 0 spiro atoms. The van der Waals surface area contributed by atoms with Crippen molar-refractivity contribution in [2.75, 3.05) is 25.5 Å². The second-order valence-electron chi connectivity index (χ2n) is 4.80. The van der Waals surface area contributed by atoms with Crippen molar-refractivity contribution in [1.29, 1.82) is 0 Å². The molecule has 0 unspecified atom stereocenters. The first-order valence-corrected chi connectivity index (χ1v) is 6.89. The standard InChI is InChI=1S/C15H16N4O3/c1-21-14-12(3-2-4-17-14)13-5-10(19-9-20)6-18-15(13)22-11-7-16-8-11/h2-6,9,11,16H,7-8H2,1H3,(H,19,20). The Morgan fingerprint density at radius 2 is 2.18 bits per heavy atom. The topological polar surface area (TPSA) is 85.4 Å². The van der Waals surface area contributed by atoms with E-state index in [-0.39, 0.29) is 6.10 Å². The van der Waals surface area contributed by atoms with Gasteiger partial charge in [0.25, 0.3) is 0 Å². The molecule has 0 radical (unpaired) electrons. The zero-order valence-electron chi connectivity index (χ0n) is 12.1. The van der Waals surface area contributed by atoms with Gasteiger partial charge in [-0.2, -0.15) is 0 Å². The summed E-state index contributed by atoms with van der Waals surface area (Å²) in [6.07, 6.45) is 3.92. The molecule has 1 saturated heterocycles. The van der Waals surface area contributed by atoms with Gasteiger partial charge in [0.05, 0.1) is 24.6 Å². The van der Waals surface area contributed by atoms with Gasteiger partial charge < -0.3 is 20.1 Å². The minimum atomic E-state index is 0.0961. The average molecular weight is 300 g/mol. The lowest BCUT2D eigenvalue weighted by Gasteiger charge is -2.28. The third-order valence-corrected chi connectivity index (χ3v) is 3.35. The van der Waals surface area contributed by atoms with Crippen LogP contribution < -0.4 is 20.1 Å². The van der Waals surface area contributed by atoms with Gasteiger partial charge in [-0.25, -0.2) is 9.97 Å². The van der Waals surface area contributed by atoms with Gasteiger partial charge in [-0.15, -0.1) is 0 Å². The van der Waals surface area contributed by atoms with Crippen LogP contribution in [-0.4, -0.2) is 42.7 Å². The lowest BCUT2D eigenvalue weighted by Crippen LogP contribution is -2.50. The van der Waals surface area contributed by atoms with E-state index in [1.54, 1.807) is 25.6 Å². The molecule has 7 heteroatoms. The Bertz CT molecular complexity index is 674. The molecule has 0 saturated carbocycles. The van der Waals surface area contributed by atoms with Crippen LogP contribution in [0.25, 0.3) is 11.1 Å². The van der Waals surface area contributed by atoms with Crippen LogP contribution in [0, 0.1) is 0 Å². The normalized spacial score (nSPS) is 14.0. The summed E-state index contributed by atoms with van der Waals surface area (Å²) in [5.41, 5.74) is 2.06. The smallest absolute Gasteiger partial charge is 0.222 e. The van der Waals surface area contributed by atoms with Crippen molar-refractivity contribution in [3.63, 3.8) is 0 Å². The third-order valence-electron chi connectivity index (χ3n) is 3.35. The monoisotopic (exact) mass is 300 g/mol. The van der Waals surface area contributed by atoms with Crippen molar-refractivity contribution >= 4 is 12.1 Å². The van der Waals surface area contributed by atoms with Crippen molar-refractivity contribution in [3.05, 3.63) is 30.6 Å². The Kier molecular flexibility index (Phi) is 4.15. The van der Waals surface area contributed by atoms with E-state index in [4.69, 9.17) is 9.47 Å². The molecule has 7 nitrogen and oxygen atoms in total. The van der Waals surface area contributed by atoms with E-state index in [2.05, 4.69) is 20.6 Å². The maximum absolute atomic E-state index is 10.6. The summed E-state index contributed by atoms with van der Waals surface area (Å²) in [4.78, 5) is 19.2. The van der Waals surface area contributed by atoms with Gasteiger partial charge in [-0.1, -0.05) is 0 Å². The Balaban J connectivity index is 2.04. The number of pyridine rings is 2. The number of hydrogen-bond donors (Lipinski definition) is 2.